The van der Waals surface area contributed by atoms with Crippen LogP contribution < -0.4 is 5.32 Å². The second kappa shape index (κ2) is 9.98. The number of benzene rings is 2. The largest absolute Gasteiger partial charge is 0.320 e. The average Bonchev–Trinajstić information content (AvgIpc) is 3.26. The molecule has 0 radical (unpaired) electrons. The van der Waals surface area contributed by atoms with Crippen molar-refractivity contribution in [2.75, 3.05) is 31.5 Å². The molecule has 0 unspecified atom stereocenters. The number of nitrogens with one attached hydrogen (secondary N) is 1. The van der Waals surface area contributed by atoms with Gasteiger partial charge < -0.3 is 5.32 Å². The Bertz CT molecular complexity index is 1070. The summed E-state index contributed by atoms with van der Waals surface area (Å²) in [5.74, 6) is -0.265. The van der Waals surface area contributed by atoms with Crippen molar-refractivity contribution < 1.29 is 4.79 Å². The van der Waals surface area contributed by atoms with Gasteiger partial charge in [-0.1, -0.05) is 35.1 Å². The van der Waals surface area contributed by atoms with Gasteiger partial charge in [-0.05, 0) is 42.0 Å². The fourth-order valence-corrected chi connectivity index (χ4v) is 4.27. The molecule has 158 valence electrons. The number of nitriles is 1. The van der Waals surface area contributed by atoms with Gasteiger partial charge in [0.25, 0.3) is 5.91 Å². The Kier molecular flexibility index (Phi) is 6.89. The first kappa shape index (κ1) is 21.4. The molecule has 3 aromatic rings. The first-order valence-corrected chi connectivity index (χ1v) is 11.1. The molecule has 2 heterocycles. The predicted molar refractivity (Wildman–Crippen MR) is 121 cm³/mol. The molecule has 0 spiro atoms. The van der Waals surface area contributed by atoms with Crippen molar-refractivity contribution in [2.24, 2.45) is 0 Å². The molecule has 2 aromatic carbocycles. The summed E-state index contributed by atoms with van der Waals surface area (Å²) in [5, 5.41) is 21.8. The number of halogens is 1. The number of piperazine rings is 1. The van der Waals surface area contributed by atoms with E-state index in [1.54, 1.807) is 24.3 Å². The first-order valence-electron chi connectivity index (χ1n) is 9.92. The van der Waals surface area contributed by atoms with Crippen LogP contribution in [0, 0.1) is 11.3 Å². The molecule has 1 saturated heterocycles. The molecule has 4 rings (SSSR count). The van der Waals surface area contributed by atoms with Crippen LogP contribution in [-0.2, 0) is 13.1 Å². The van der Waals surface area contributed by atoms with Gasteiger partial charge in [0, 0.05) is 43.4 Å². The van der Waals surface area contributed by atoms with Gasteiger partial charge in [-0.2, -0.15) is 5.26 Å². The van der Waals surface area contributed by atoms with Crippen LogP contribution in [0.4, 0.5) is 5.69 Å². The molecule has 0 bridgehead atoms. The minimum absolute atomic E-state index is 0.265. The van der Waals surface area contributed by atoms with E-state index in [1.807, 2.05) is 24.3 Å². The van der Waals surface area contributed by atoms with Crippen LogP contribution in [0.1, 0.15) is 25.9 Å². The van der Waals surface area contributed by atoms with E-state index in [9.17, 15) is 4.79 Å². The maximum absolute atomic E-state index is 12.4. The quantitative estimate of drug-likeness (QED) is 0.614. The summed E-state index contributed by atoms with van der Waals surface area (Å²) >= 11 is 7.19. The number of hydrogen-bond acceptors (Lipinski definition) is 7. The zero-order valence-corrected chi connectivity index (χ0v) is 18.4. The van der Waals surface area contributed by atoms with Crippen molar-refractivity contribution in [3.05, 3.63) is 74.7 Å². The summed E-state index contributed by atoms with van der Waals surface area (Å²) in [7, 11) is 0. The minimum atomic E-state index is -0.265. The number of rotatable bonds is 6. The molecule has 1 amide bonds. The van der Waals surface area contributed by atoms with Gasteiger partial charge in [0.1, 0.15) is 5.01 Å². The summed E-state index contributed by atoms with van der Waals surface area (Å²) in [5.41, 5.74) is 2.57. The van der Waals surface area contributed by atoms with Gasteiger partial charge in [-0.25, -0.2) is 0 Å². The van der Waals surface area contributed by atoms with E-state index in [2.05, 4.69) is 31.4 Å². The SMILES string of the molecule is N#Cc1ccc(CN2CCN(Cc3nnc(C(=O)Nc4ccc(Cl)cc4)s3)CC2)cc1. The zero-order valence-electron chi connectivity index (χ0n) is 16.8. The number of carbonyl (C=O) groups excluding carboxylic acids is 1. The lowest BCUT2D eigenvalue weighted by Crippen LogP contribution is -2.45. The highest BCUT2D eigenvalue weighted by Crippen LogP contribution is 2.18. The van der Waals surface area contributed by atoms with Crippen LogP contribution >= 0.6 is 22.9 Å². The highest BCUT2D eigenvalue weighted by molar-refractivity contribution is 7.13. The normalized spacial score (nSPS) is 14.8. The molecule has 0 atom stereocenters. The molecule has 1 aliphatic rings. The first-order chi connectivity index (χ1) is 15.1. The monoisotopic (exact) mass is 452 g/mol. The number of amides is 1. The maximum Gasteiger partial charge on any atom is 0.286 e. The number of nitrogens with zero attached hydrogens (tertiary/aromatic N) is 5. The minimum Gasteiger partial charge on any atom is -0.320 e. The van der Waals surface area contributed by atoms with Gasteiger partial charge in [0.05, 0.1) is 18.2 Å². The lowest BCUT2D eigenvalue weighted by Gasteiger charge is -2.34. The summed E-state index contributed by atoms with van der Waals surface area (Å²) in [6, 6.07) is 16.9. The lowest BCUT2D eigenvalue weighted by molar-refractivity contribution is 0.102. The molecule has 31 heavy (non-hydrogen) atoms. The van der Waals surface area contributed by atoms with Gasteiger partial charge in [0.2, 0.25) is 5.01 Å². The maximum atomic E-state index is 12.4. The third kappa shape index (κ3) is 5.87. The molecular formula is C22H21ClN6OS. The second-order valence-electron chi connectivity index (χ2n) is 7.32. The van der Waals surface area contributed by atoms with Crippen LogP contribution in [0.2, 0.25) is 5.02 Å². The molecule has 0 aliphatic carbocycles. The highest BCUT2D eigenvalue weighted by atomic mass is 35.5. The molecule has 7 nitrogen and oxygen atoms in total. The number of aromatic nitrogens is 2. The van der Waals surface area contributed by atoms with Crippen molar-refractivity contribution in [1.29, 1.82) is 5.26 Å². The molecular weight excluding hydrogens is 432 g/mol. The van der Waals surface area contributed by atoms with Gasteiger partial charge >= 0.3 is 0 Å². The van der Waals surface area contributed by atoms with E-state index >= 15 is 0 Å². The Labute approximate surface area is 189 Å². The van der Waals surface area contributed by atoms with Crippen LogP contribution in [-0.4, -0.2) is 52.1 Å². The third-order valence-corrected chi connectivity index (χ3v) is 6.23. The standard InChI is InChI=1S/C22H21ClN6OS/c23-18-5-7-19(8-6-18)25-21(30)22-27-26-20(31-22)15-29-11-9-28(10-12-29)14-17-3-1-16(13-24)2-4-17/h1-8H,9-12,14-15H2,(H,25,30). The summed E-state index contributed by atoms with van der Waals surface area (Å²) in [6.07, 6.45) is 0. The molecule has 9 heteroatoms. The Morgan fingerprint density at radius 3 is 2.29 bits per heavy atom. The Balaban J connectivity index is 1.25. The Hall–Kier alpha value is -2.83. The van der Waals surface area contributed by atoms with E-state index in [0.717, 1.165) is 37.7 Å². The second-order valence-corrected chi connectivity index (χ2v) is 8.82. The summed E-state index contributed by atoms with van der Waals surface area (Å²) in [6.45, 7) is 5.36. The Morgan fingerprint density at radius 2 is 1.65 bits per heavy atom. The molecule has 1 N–H and O–H groups in total. The summed E-state index contributed by atoms with van der Waals surface area (Å²) in [4.78, 5) is 17.1. The van der Waals surface area contributed by atoms with Crippen LogP contribution in [0.3, 0.4) is 0 Å². The van der Waals surface area contributed by atoms with E-state index in [4.69, 9.17) is 16.9 Å². The molecule has 1 fully saturated rings. The van der Waals surface area contributed by atoms with Crippen molar-refractivity contribution in [3.8, 4) is 6.07 Å². The molecule has 0 saturated carbocycles. The van der Waals surface area contributed by atoms with Crippen LogP contribution in [0.15, 0.2) is 48.5 Å². The smallest absolute Gasteiger partial charge is 0.286 e. The van der Waals surface area contributed by atoms with Crippen molar-refractivity contribution in [2.45, 2.75) is 13.1 Å². The van der Waals surface area contributed by atoms with Crippen molar-refractivity contribution >= 4 is 34.5 Å². The average molecular weight is 453 g/mol. The third-order valence-electron chi connectivity index (χ3n) is 5.08. The summed E-state index contributed by atoms with van der Waals surface area (Å²) < 4.78 is 0. The number of hydrogen-bond donors (Lipinski definition) is 1. The van der Waals surface area contributed by atoms with Crippen LogP contribution in [0.5, 0.6) is 0 Å². The fraction of sp³-hybridized carbons (Fsp3) is 0.273. The Morgan fingerprint density at radius 1 is 1.00 bits per heavy atom. The molecule has 1 aromatic heterocycles. The lowest BCUT2D eigenvalue weighted by atomic mass is 10.1. The number of carbonyl (C=O) groups is 1. The van der Waals surface area contributed by atoms with Crippen molar-refractivity contribution in [1.82, 2.24) is 20.0 Å². The molecule has 1 aliphatic heterocycles. The van der Waals surface area contributed by atoms with E-state index in [-0.39, 0.29) is 5.91 Å². The van der Waals surface area contributed by atoms with Gasteiger partial charge in [-0.15, -0.1) is 10.2 Å². The van der Waals surface area contributed by atoms with E-state index in [0.29, 0.717) is 27.8 Å². The number of anilines is 1. The zero-order chi connectivity index (χ0) is 21.6. The van der Waals surface area contributed by atoms with Gasteiger partial charge in [0.15, 0.2) is 0 Å². The fourth-order valence-electron chi connectivity index (χ4n) is 3.37. The predicted octanol–water partition coefficient (Wildman–Crippen LogP) is 3.63. The van der Waals surface area contributed by atoms with Crippen LogP contribution in [0.25, 0.3) is 0 Å². The van der Waals surface area contributed by atoms with Crippen molar-refractivity contribution in [3.63, 3.8) is 0 Å². The topological polar surface area (TPSA) is 85.2 Å². The van der Waals surface area contributed by atoms with E-state index < -0.39 is 0 Å². The van der Waals surface area contributed by atoms with E-state index in [1.165, 1.54) is 16.9 Å². The van der Waals surface area contributed by atoms with Gasteiger partial charge in [-0.3, -0.25) is 14.6 Å². The highest BCUT2D eigenvalue weighted by Gasteiger charge is 2.20.